The van der Waals surface area contributed by atoms with Crippen LogP contribution in [-0.2, 0) is 6.42 Å². The summed E-state index contributed by atoms with van der Waals surface area (Å²) in [6.45, 7) is 6.29. The van der Waals surface area contributed by atoms with Gasteiger partial charge in [0.05, 0.1) is 5.92 Å². The van der Waals surface area contributed by atoms with Crippen molar-refractivity contribution >= 4 is 0 Å². The Morgan fingerprint density at radius 3 is 2.47 bits per heavy atom. The topological polar surface area (TPSA) is 64.9 Å². The normalized spacial score (nSPS) is 14.6. The van der Waals surface area contributed by atoms with Gasteiger partial charge in [-0.2, -0.15) is 4.98 Å². The van der Waals surface area contributed by atoms with Gasteiger partial charge in [-0.05, 0) is 11.5 Å². The van der Waals surface area contributed by atoms with Crippen molar-refractivity contribution in [2.24, 2.45) is 11.7 Å². The summed E-state index contributed by atoms with van der Waals surface area (Å²) >= 11 is 0. The highest BCUT2D eigenvalue weighted by molar-refractivity contribution is 5.21. The fourth-order valence-corrected chi connectivity index (χ4v) is 2.02. The second-order valence-electron chi connectivity index (χ2n) is 5.37. The molecule has 0 fully saturated rings. The van der Waals surface area contributed by atoms with Gasteiger partial charge >= 0.3 is 0 Å². The number of nitrogens with two attached hydrogens (primary N) is 1. The van der Waals surface area contributed by atoms with Crippen molar-refractivity contribution in [1.29, 1.82) is 0 Å². The molecule has 2 aromatic rings. The molecule has 0 aliphatic rings. The number of hydrogen-bond donors (Lipinski definition) is 1. The fourth-order valence-electron chi connectivity index (χ4n) is 2.02. The first kappa shape index (κ1) is 13.7. The molecule has 19 heavy (non-hydrogen) atoms. The van der Waals surface area contributed by atoms with Gasteiger partial charge in [0.25, 0.3) is 0 Å². The minimum Gasteiger partial charge on any atom is -0.339 e. The van der Waals surface area contributed by atoms with E-state index in [2.05, 4.69) is 24.0 Å². The van der Waals surface area contributed by atoms with Crippen LogP contribution in [0.5, 0.6) is 0 Å². The van der Waals surface area contributed by atoms with Gasteiger partial charge in [0, 0.05) is 12.5 Å². The largest absolute Gasteiger partial charge is 0.339 e. The van der Waals surface area contributed by atoms with E-state index in [-0.39, 0.29) is 12.0 Å². The van der Waals surface area contributed by atoms with E-state index in [4.69, 9.17) is 10.3 Å². The zero-order chi connectivity index (χ0) is 13.8. The van der Waals surface area contributed by atoms with E-state index >= 15 is 0 Å². The van der Waals surface area contributed by atoms with Crippen molar-refractivity contribution in [3.63, 3.8) is 0 Å². The molecule has 4 heteroatoms. The average Bonchev–Trinajstić information content (AvgIpc) is 2.85. The van der Waals surface area contributed by atoms with E-state index in [0.29, 0.717) is 11.8 Å². The number of benzene rings is 1. The first-order valence-corrected chi connectivity index (χ1v) is 6.71. The molecule has 0 aliphatic heterocycles. The Labute approximate surface area is 114 Å². The zero-order valence-corrected chi connectivity index (χ0v) is 11.7. The van der Waals surface area contributed by atoms with Crippen molar-refractivity contribution in [3.05, 3.63) is 47.6 Å². The summed E-state index contributed by atoms with van der Waals surface area (Å²) < 4.78 is 5.33. The maximum Gasteiger partial charge on any atom is 0.231 e. The smallest absolute Gasteiger partial charge is 0.231 e. The van der Waals surface area contributed by atoms with Gasteiger partial charge in [-0.3, -0.25) is 0 Å². The molecule has 2 atom stereocenters. The predicted molar refractivity (Wildman–Crippen MR) is 74.6 cm³/mol. The van der Waals surface area contributed by atoms with Crippen LogP contribution in [0.4, 0.5) is 0 Å². The van der Waals surface area contributed by atoms with Crippen molar-refractivity contribution in [2.75, 3.05) is 0 Å². The fraction of sp³-hybridized carbons (Fsp3) is 0.467. The van der Waals surface area contributed by atoms with E-state index < -0.39 is 0 Å². The predicted octanol–water partition coefficient (Wildman–Crippen LogP) is 3.07. The minimum absolute atomic E-state index is 0.0100. The summed E-state index contributed by atoms with van der Waals surface area (Å²) in [7, 11) is 0. The lowest BCUT2D eigenvalue weighted by Crippen LogP contribution is -2.17. The lowest BCUT2D eigenvalue weighted by Gasteiger charge is -2.16. The summed E-state index contributed by atoms with van der Waals surface area (Å²) in [6.07, 6.45) is 0.830. The van der Waals surface area contributed by atoms with Crippen LogP contribution in [0.25, 0.3) is 0 Å². The highest BCUT2D eigenvalue weighted by Gasteiger charge is 2.22. The second-order valence-corrected chi connectivity index (χ2v) is 5.37. The summed E-state index contributed by atoms with van der Waals surface area (Å²) in [4.78, 5) is 4.44. The van der Waals surface area contributed by atoms with E-state index in [1.165, 1.54) is 0 Å². The first-order chi connectivity index (χ1) is 9.08. The van der Waals surface area contributed by atoms with Gasteiger partial charge in [-0.15, -0.1) is 0 Å². The van der Waals surface area contributed by atoms with E-state index in [0.717, 1.165) is 17.8 Å². The number of nitrogens with zero attached hydrogens (tertiary/aromatic N) is 2. The molecule has 2 N–H and O–H groups in total. The summed E-state index contributed by atoms with van der Waals surface area (Å²) in [5.74, 6) is 1.91. The molecular weight excluding hydrogens is 238 g/mol. The Hall–Kier alpha value is -1.68. The van der Waals surface area contributed by atoms with E-state index in [9.17, 15) is 0 Å². The quantitative estimate of drug-likeness (QED) is 0.896. The van der Waals surface area contributed by atoms with Crippen LogP contribution in [0, 0.1) is 5.92 Å². The molecular formula is C15H21N3O. The molecule has 0 amide bonds. The molecule has 1 heterocycles. The van der Waals surface area contributed by atoms with Gasteiger partial charge in [0.2, 0.25) is 5.89 Å². The summed E-state index contributed by atoms with van der Waals surface area (Å²) in [5, 5.41) is 4.01. The molecule has 0 saturated heterocycles. The number of rotatable bonds is 5. The van der Waals surface area contributed by atoms with Crippen LogP contribution >= 0.6 is 0 Å². The van der Waals surface area contributed by atoms with Gasteiger partial charge < -0.3 is 10.3 Å². The van der Waals surface area contributed by atoms with Crippen LogP contribution in [-0.4, -0.2) is 10.1 Å². The maximum absolute atomic E-state index is 6.25. The maximum atomic E-state index is 6.25. The standard InChI is InChI=1S/C15H21N3O/c1-10(2)9-13-17-15(19-18-13)11(3)14(16)12-7-5-4-6-8-12/h4-8,10-11,14H,9,16H2,1-3H3. The zero-order valence-electron chi connectivity index (χ0n) is 11.7. The Kier molecular flexibility index (Phi) is 4.32. The molecule has 1 aromatic heterocycles. The third-order valence-electron chi connectivity index (χ3n) is 3.19. The molecule has 2 rings (SSSR count). The second kappa shape index (κ2) is 5.97. The third kappa shape index (κ3) is 3.41. The lowest BCUT2D eigenvalue weighted by atomic mass is 9.95. The van der Waals surface area contributed by atoms with Crippen LogP contribution in [0.1, 0.15) is 50.0 Å². The van der Waals surface area contributed by atoms with Crippen molar-refractivity contribution in [3.8, 4) is 0 Å². The van der Waals surface area contributed by atoms with Gasteiger partial charge in [-0.25, -0.2) is 0 Å². The highest BCUT2D eigenvalue weighted by Crippen LogP contribution is 2.27. The summed E-state index contributed by atoms with van der Waals surface area (Å²) in [6, 6.07) is 9.86. The molecule has 0 bridgehead atoms. The van der Waals surface area contributed by atoms with Crippen LogP contribution in [0.15, 0.2) is 34.9 Å². The van der Waals surface area contributed by atoms with Gasteiger partial charge in [0.1, 0.15) is 0 Å². The molecule has 0 aliphatic carbocycles. The Bertz CT molecular complexity index is 507. The highest BCUT2D eigenvalue weighted by atomic mass is 16.5. The third-order valence-corrected chi connectivity index (χ3v) is 3.19. The summed E-state index contributed by atoms with van der Waals surface area (Å²) in [5.41, 5.74) is 7.34. The van der Waals surface area contributed by atoms with Gasteiger partial charge in [0.15, 0.2) is 5.82 Å². The van der Waals surface area contributed by atoms with Crippen LogP contribution in [0.2, 0.25) is 0 Å². The first-order valence-electron chi connectivity index (χ1n) is 6.71. The number of hydrogen-bond acceptors (Lipinski definition) is 4. The average molecular weight is 259 g/mol. The molecule has 0 saturated carbocycles. The minimum atomic E-state index is -0.131. The molecule has 0 radical (unpaired) electrons. The molecule has 2 unspecified atom stereocenters. The van der Waals surface area contributed by atoms with Crippen LogP contribution in [0.3, 0.4) is 0 Å². The Morgan fingerprint density at radius 2 is 1.84 bits per heavy atom. The molecule has 1 aromatic carbocycles. The SMILES string of the molecule is CC(C)Cc1noc(C(C)C(N)c2ccccc2)n1. The van der Waals surface area contributed by atoms with Gasteiger partial charge in [-0.1, -0.05) is 56.3 Å². The van der Waals surface area contributed by atoms with Crippen molar-refractivity contribution in [1.82, 2.24) is 10.1 Å². The van der Waals surface area contributed by atoms with E-state index in [1.54, 1.807) is 0 Å². The van der Waals surface area contributed by atoms with Crippen LogP contribution < -0.4 is 5.73 Å². The molecule has 0 spiro atoms. The number of aromatic nitrogens is 2. The van der Waals surface area contributed by atoms with Crippen molar-refractivity contribution in [2.45, 2.75) is 39.2 Å². The van der Waals surface area contributed by atoms with Crippen molar-refractivity contribution < 1.29 is 4.52 Å². The van der Waals surface area contributed by atoms with E-state index in [1.807, 2.05) is 37.3 Å². The monoisotopic (exact) mass is 259 g/mol. The molecule has 102 valence electrons. The molecule has 4 nitrogen and oxygen atoms in total. The lowest BCUT2D eigenvalue weighted by molar-refractivity contribution is 0.339. The Balaban J connectivity index is 2.11. The Morgan fingerprint density at radius 1 is 1.16 bits per heavy atom.